The van der Waals surface area contributed by atoms with Crippen molar-refractivity contribution in [3.05, 3.63) is 65.2 Å². The fourth-order valence-corrected chi connectivity index (χ4v) is 3.20. The molecule has 5 nitrogen and oxygen atoms in total. The number of carbonyl (C=O) groups excluding carboxylic acids is 2. The van der Waals surface area contributed by atoms with E-state index in [1.54, 1.807) is 17.0 Å². The number of carbonyl (C=O) groups is 2. The number of para-hydroxylation sites is 1. The third-order valence-electron chi connectivity index (χ3n) is 4.30. The van der Waals surface area contributed by atoms with E-state index in [1.165, 1.54) is 0 Å². The van der Waals surface area contributed by atoms with E-state index in [9.17, 15) is 9.59 Å². The van der Waals surface area contributed by atoms with Crippen LogP contribution in [0, 0.1) is 0 Å². The van der Waals surface area contributed by atoms with Gasteiger partial charge in [-0.15, -0.1) is 0 Å². The van der Waals surface area contributed by atoms with Gasteiger partial charge in [0.25, 0.3) is 0 Å². The number of hydrogen-bond acceptors (Lipinski definition) is 3. The number of nitrogens with one attached hydrogen (secondary N) is 1. The van der Waals surface area contributed by atoms with Gasteiger partial charge in [-0.1, -0.05) is 54.1 Å². The number of anilines is 1. The maximum atomic E-state index is 12.6. The van der Waals surface area contributed by atoms with Crippen LogP contribution in [0.1, 0.15) is 12.0 Å². The lowest BCUT2D eigenvalue weighted by Crippen LogP contribution is -2.49. The smallest absolute Gasteiger partial charge is 0.249 e. The van der Waals surface area contributed by atoms with Crippen molar-refractivity contribution in [1.29, 1.82) is 0 Å². The fraction of sp³-hybridized carbons (Fsp3) is 0.263. The SMILES string of the molecule is N[C@@H](Cc1ccccc1)C(=O)NC1CCN(c2ccccc2Cl)C1=O. The van der Waals surface area contributed by atoms with Crippen LogP contribution in [0.5, 0.6) is 0 Å². The zero-order valence-electron chi connectivity index (χ0n) is 13.7. The van der Waals surface area contributed by atoms with Gasteiger partial charge in [0.05, 0.1) is 16.8 Å². The van der Waals surface area contributed by atoms with Gasteiger partial charge >= 0.3 is 0 Å². The molecule has 1 fully saturated rings. The van der Waals surface area contributed by atoms with E-state index in [4.69, 9.17) is 17.3 Å². The number of rotatable bonds is 5. The Morgan fingerprint density at radius 2 is 1.88 bits per heavy atom. The first kappa shape index (κ1) is 17.5. The van der Waals surface area contributed by atoms with Gasteiger partial charge in [0, 0.05) is 6.54 Å². The first-order valence-electron chi connectivity index (χ1n) is 8.22. The molecule has 1 aliphatic rings. The van der Waals surface area contributed by atoms with Crippen molar-refractivity contribution >= 4 is 29.1 Å². The first-order valence-corrected chi connectivity index (χ1v) is 8.60. The second-order valence-corrected chi connectivity index (χ2v) is 6.49. The molecule has 0 aliphatic carbocycles. The van der Waals surface area contributed by atoms with Crippen LogP contribution in [-0.2, 0) is 16.0 Å². The topological polar surface area (TPSA) is 75.4 Å². The van der Waals surface area contributed by atoms with Crippen LogP contribution in [-0.4, -0.2) is 30.4 Å². The maximum Gasteiger partial charge on any atom is 0.249 e. The van der Waals surface area contributed by atoms with E-state index in [-0.39, 0.29) is 11.8 Å². The molecule has 0 radical (unpaired) electrons. The maximum absolute atomic E-state index is 12.6. The van der Waals surface area contributed by atoms with Gasteiger partial charge in [-0.2, -0.15) is 0 Å². The molecule has 130 valence electrons. The van der Waals surface area contributed by atoms with Crippen LogP contribution < -0.4 is 16.0 Å². The zero-order valence-corrected chi connectivity index (χ0v) is 14.4. The van der Waals surface area contributed by atoms with Crippen LogP contribution in [0.25, 0.3) is 0 Å². The molecule has 2 aromatic carbocycles. The summed E-state index contributed by atoms with van der Waals surface area (Å²) in [7, 11) is 0. The van der Waals surface area contributed by atoms with Gasteiger partial charge in [0.2, 0.25) is 11.8 Å². The van der Waals surface area contributed by atoms with Crippen molar-refractivity contribution in [1.82, 2.24) is 5.32 Å². The molecule has 1 heterocycles. The molecule has 1 aliphatic heterocycles. The van der Waals surface area contributed by atoms with Gasteiger partial charge in [-0.3, -0.25) is 9.59 Å². The summed E-state index contributed by atoms with van der Waals surface area (Å²) in [5.74, 6) is -0.475. The average molecular weight is 358 g/mol. The van der Waals surface area contributed by atoms with Gasteiger partial charge in [0.15, 0.2) is 0 Å². The van der Waals surface area contributed by atoms with E-state index in [2.05, 4.69) is 5.32 Å². The third-order valence-corrected chi connectivity index (χ3v) is 4.62. The molecule has 3 N–H and O–H groups in total. The molecular weight excluding hydrogens is 338 g/mol. The Bertz CT molecular complexity index is 766. The first-order chi connectivity index (χ1) is 12.1. The molecule has 0 spiro atoms. The van der Waals surface area contributed by atoms with E-state index in [0.717, 1.165) is 5.56 Å². The predicted octanol–water partition coefficient (Wildman–Crippen LogP) is 2.13. The van der Waals surface area contributed by atoms with Crippen LogP contribution in [0.3, 0.4) is 0 Å². The van der Waals surface area contributed by atoms with Gasteiger partial charge in [0.1, 0.15) is 6.04 Å². The Balaban J connectivity index is 1.61. The summed E-state index contributed by atoms with van der Waals surface area (Å²) in [6, 6.07) is 15.5. The number of halogens is 1. The standard InChI is InChI=1S/C19H20ClN3O2/c20-14-8-4-5-9-17(14)23-11-10-16(19(23)25)22-18(24)15(21)12-13-6-2-1-3-7-13/h1-9,15-16H,10-12,21H2,(H,22,24)/t15-,16?/m0/s1. The quantitative estimate of drug-likeness (QED) is 0.860. The molecule has 2 amide bonds. The highest BCUT2D eigenvalue weighted by atomic mass is 35.5. The summed E-state index contributed by atoms with van der Waals surface area (Å²) in [5.41, 5.74) is 7.64. The lowest BCUT2D eigenvalue weighted by atomic mass is 10.1. The Kier molecular flexibility index (Phi) is 5.36. The second kappa shape index (κ2) is 7.68. The van der Waals surface area contributed by atoms with E-state index in [1.807, 2.05) is 42.5 Å². The molecule has 6 heteroatoms. The van der Waals surface area contributed by atoms with Crippen LogP contribution in [0.2, 0.25) is 5.02 Å². The molecule has 0 bridgehead atoms. The second-order valence-electron chi connectivity index (χ2n) is 6.09. The summed E-state index contributed by atoms with van der Waals surface area (Å²) < 4.78 is 0. The van der Waals surface area contributed by atoms with Crippen LogP contribution in [0.4, 0.5) is 5.69 Å². The number of hydrogen-bond donors (Lipinski definition) is 2. The lowest BCUT2D eigenvalue weighted by Gasteiger charge is -2.19. The average Bonchev–Trinajstić information content (AvgIpc) is 2.97. The van der Waals surface area contributed by atoms with E-state index < -0.39 is 12.1 Å². The summed E-state index contributed by atoms with van der Waals surface area (Å²) >= 11 is 6.16. The molecule has 1 saturated heterocycles. The highest BCUT2D eigenvalue weighted by molar-refractivity contribution is 6.34. The molecule has 0 saturated carbocycles. The normalized spacial score (nSPS) is 18.2. The summed E-state index contributed by atoms with van der Waals surface area (Å²) in [6.07, 6.45) is 0.968. The molecular formula is C19H20ClN3O2. The monoisotopic (exact) mass is 357 g/mol. The minimum absolute atomic E-state index is 0.159. The van der Waals surface area contributed by atoms with E-state index in [0.29, 0.717) is 30.1 Å². The molecule has 1 unspecified atom stereocenters. The predicted molar refractivity (Wildman–Crippen MR) is 98.5 cm³/mol. The van der Waals surface area contributed by atoms with Crippen LogP contribution >= 0.6 is 11.6 Å². The minimum atomic E-state index is -0.690. The highest BCUT2D eigenvalue weighted by Crippen LogP contribution is 2.28. The van der Waals surface area contributed by atoms with Crippen molar-refractivity contribution in [3.63, 3.8) is 0 Å². The summed E-state index contributed by atoms with van der Waals surface area (Å²) in [5, 5.41) is 3.29. The molecule has 25 heavy (non-hydrogen) atoms. The van der Waals surface area contributed by atoms with Crippen molar-refractivity contribution < 1.29 is 9.59 Å². The molecule has 3 rings (SSSR count). The van der Waals surface area contributed by atoms with E-state index >= 15 is 0 Å². The number of nitrogens with zero attached hydrogens (tertiary/aromatic N) is 1. The number of benzene rings is 2. The van der Waals surface area contributed by atoms with Crippen molar-refractivity contribution in [2.24, 2.45) is 5.73 Å². The molecule has 2 aromatic rings. The fourth-order valence-electron chi connectivity index (χ4n) is 2.96. The minimum Gasteiger partial charge on any atom is -0.343 e. The highest BCUT2D eigenvalue weighted by Gasteiger charge is 2.35. The number of nitrogens with two attached hydrogens (primary N) is 1. The largest absolute Gasteiger partial charge is 0.343 e. The summed E-state index contributed by atoms with van der Waals surface area (Å²) in [4.78, 5) is 26.5. The Labute approximate surface area is 151 Å². The van der Waals surface area contributed by atoms with Gasteiger partial charge < -0.3 is 16.0 Å². The lowest BCUT2D eigenvalue weighted by molar-refractivity contribution is -0.127. The van der Waals surface area contributed by atoms with Crippen molar-refractivity contribution in [2.45, 2.75) is 24.9 Å². The Morgan fingerprint density at radius 1 is 1.20 bits per heavy atom. The Hall–Kier alpha value is -2.37. The Morgan fingerprint density at radius 3 is 2.60 bits per heavy atom. The molecule has 0 aromatic heterocycles. The van der Waals surface area contributed by atoms with Crippen molar-refractivity contribution in [2.75, 3.05) is 11.4 Å². The third kappa shape index (κ3) is 4.00. The van der Waals surface area contributed by atoms with Gasteiger partial charge in [-0.05, 0) is 30.5 Å². The number of amides is 2. The van der Waals surface area contributed by atoms with Gasteiger partial charge in [-0.25, -0.2) is 0 Å². The van der Waals surface area contributed by atoms with Crippen LogP contribution in [0.15, 0.2) is 54.6 Å². The summed E-state index contributed by atoms with van der Waals surface area (Å²) in [6.45, 7) is 0.515. The zero-order chi connectivity index (χ0) is 17.8. The molecule has 2 atom stereocenters. The van der Waals surface area contributed by atoms with Crippen molar-refractivity contribution in [3.8, 4) is 0 Å².